The van der Waals surface area contributed by atoms with Crippen molar-refractivity contribution >= 4 is 17.4 Å². The molecule has 0 saturated heterocycles. The summed E-state index contributed by atoms with van der Waals surface area (Å²) in [4.78, 5) is 1.24. The van der Waals surface area contributed by atoms with Crippen molar-refractivity contribution < 1.29 is 4.74 Å². The SMILES string of the molecule is CCOc1cc(N)cc(SCC2CCCC2)c1. The Bertz CT molecular complexity index is 361. The Labute approximate surface area is 108 Å². The third-order valence-electron chi connectivity index (χ3n) is 3.17. The highest BCUT2D eigenvalue weighted by atomic mass is 32.2. The molecule has 0 aliphatic heterocycles. The highest BCUT2D eigenvalue weighted by Gasteiger charge is 2.15. The minimum Gasteiger partial charge on any atom is -0.494 e. The average Bonchev–Trinajstić information content (AvgIpc) is 2.79. The maximum absolute atomic E-state index is 5.88. The Balaban J connectivity index is 1.94. The van der Waals surface area contributed by atoms with Crippen molar-refractivity contribution in [2.45, 2.75) is 37.5 Å². The van der Waals surface area contributed by atoms with Gasteiger partial charge >= 0.3 is 0 Å². The van der Waals surface area contributed by atoms with Crippen LogP contribution < -0.4 is 10.5 Å². The molecule has 2 nitrogen and oxygen atoms in total. The van der Waals surface area contributed by atoms with Crippen LogP contribution in [-0.2, 0) is 0 Å². The van der Waals surface area contributed by atoms with Gasteiger partial charge in [-0.2, -0.15) is 0 Å². The molecule has 0 heterocycles. The fourth-order valence-corrected chi connectivity index (χ4v) is 3.50. The molecule has 0 atom stereocenters. The van der Waals surface area contributed by atoms with E-state index in [-0.39, 0.29) is 0 Å². The van der Waals surface area contributed by atoms with Crippen LogP contribution in [0.15, 0.2) is 23.1 Å². The van der Waals surface area contributed by atoms with E-state index >= 15 is 0 Å². The standard InChI is InChI=1S/C14H21NOS/c1-2-16-13-7-12(15)8-14(9-13)17-10-11-5-3-4-6-11/h7-9,11H,2-6,10,15H2,1H3. The highest BCUT2D eigenvalue weighted by Crippen LogP contribution is 2.33. The summed E-state index contributed by atoms with van der Waals surface area (Å²) in [6.07, 6.45) is 5.61. The molecule has 0 radical (unpaired) electrons. The van der Waals surface area contributed by atoms with Crippen LogP contribution >= 0.6 is 11.8 Å². The number of anilines is 1. The van der Waals surface area contributed by atoms with Gasteiger partial charge in [0.1, 0.15) is 5.75 Å². The summed E-state index contributed by atoms with van der Waals surface area (Å²) >= 11 is 1.91. The van der Waals surface area contributed by atoms with Crippen LogP contribution in [0.2, 0.25) is 0 Å². The van der Waals surface area contributed by atoms with Gasteiger partial charge in [-0.15, -0.1) is 11.8 Å². The molecule has 2 rings (SSSR count). The lowest BCUT2D eigenvalue weighted by Crippen LogP contribution is -1.97. The van der Waals surface area contributed by atoms with Gasteiger partial charge in [0.05, 0.1) is 6.61 Å². The molecule has 1 saturated carbocycles. The Morgan fingerprint density at radius 2 is 2.06 bits per heavy atom. The van der Waals surface area contributed by atoms with Gasteiger partial charge in [-0.1, -0.05) is 12.8 Å². The monoisotopic (exact) mass is 251 g/mol. The number of ether oxygens (including phenoxy) is 1. The average molecular weight is 251 g/mol. The van der Waals surface area contributed by atoms with E-state index in [1.54, 1.807) is 0 Å². The molecule has 0 unspecified atom stereocenters. The van der Waals surface area contributed by atoms with Gasteiger partial charge in [0.2, 0.25) is 0 Å². The molecule has 1 fully saturated rings. The number of thioether (sulfide) groups is 1. The number of hydrogen-bond acceptors (Lipinski definition) is 3. The zero-order chi connectivity index (χ0) is 12.1. The lowest BCUT2D eigenvalue weighted by atomic mass is 10.1. The molecule has 1 aliphatic rings. The second-order valence-corrected chi connectivity index (χ2v) is 5.73. The van der Waals surface area contributed by atoms with E-state index in [0.29, 0.717) is 6.61 Å². The zero-order valence-electron chi connectivity index (χ0n) is 10.4. The van der Waals surface area contributed by atoms with Crippen LogP contribution in [-0.4, -0.2) is 12.4 Å². The van der Waals surface area contributed by atoms with Gasteiger partial charge in [0, 0.05) is 22.4 Å². The third kappa shape index (κ3) is 3.84. The van der Waals surface area contributed by atoms with Crippen molar-refractivity contribution in [3.8, 4) is 5.75 Å². The van der Waals surface area contributed by atoms with Gasteiger partial charge in [-0.3, -0.25) is 0 Å². The van der Waals surface area contributed by atoms with Crippen LogP contribution in [0, 0.1) is 5.92 Å². The van der Waals surface area contributed by atoms with E-state index in [1.807, 2.05) is 30.8 Å². The highest BCUT2D eigenvalue weighted by molar-refractivity contribution is 7.99. The number of nitrogens with two attached hydrogens (primary N) is 1. The van der Waals surface area contributed by atoms with Crippen molar-refractivity contribution in [2.75, 3.05) is 18.1 Å². The van der Waals surface area contributed by atoms with Gasteiger partial charge in [-0.05, 0) is 37.8 Å². The Kier molecular flexibility index (Phi) is 4.60. The molecule has 1 aromatic carbocycles. The summed E-state index contributed by atoms with van der Waals surface area (Å²) in [7, 11) is 0. The number of nitrogen functional groups attached to an aromatic ring is 1. The molecular weight excluding hydrogens is 230 g/mol. The van der Waals surface area contributed by atoms with E-state index < -0.39 is 0 Å². The van der Waals surface area contributed by atoms with E-state index in [0.717, 1.165) is 17.4 Å². The topological polar surface area (TPSA) is 35.2 Å². The fourth-order valence-electron chi connectivity index (χ4n) is 2.32. The molecular formula is C14H21NOS. The smallest absolute Gasteiger partial charge is 0.122 e. The van der Waals surface area contributed by atoms with Crippen molar-refractivity contribution in [3.63, 3.8) is 0 Å². The molecule has 0 bridgehead atoms. The third-order valence-corrected chi connectivity index (χ3v) is 4.38. The molecule has 0 aromatic heterocycles. The first-order chi connectivity index (χ1) is 8.28. The van der Waals surface area contributed by atoms with E-state index in [9.17, 15) is 0 Å². The second kappa shape index (κ2) is 6.20. The van der Waals surface area contributed by atoms with Crippen molar-refractivity contribution in [3.05, 3.63) is 18.2 Å². The van der Waals surface area contributed by atoms with E-state index in [2.05, 4.69) is 6.07 Å². The van der Waals surface area contributed by atoms with Crippen molar-refractivity contribution in [1.29, 1.82) is 0 Å². The van der Waals surface area contributed by atoms with Gasteiger partial charge in [0.15, 0.2) is 0 Å². The quantitative estimate of drug-likeness (QED) is 0.635. The van der Waals surface area contributed by atoms with Crippen molar-refractivity contribution in [1.82, 2.24) is 0 Å². The van der Waals surface area contributed by atoms with Crippen LogP contribution in [0.3, 0.4) is 0 Å². The largest absolute Gasteiger partial charge is 0.494 e. The van der Waals surface area contributed by atoms with Crippen LogP contribution in [0.25, 0.3) is 0 Å². The molecule has 3 heteroatoms. The van der Waals surface area contributed by atoms with Crippen LogP contribution in [0.1, 0.15) is 32.6 Å². The van der Waals surface area contributed by atoms with E-state index in [1.165, 1.54) is 36.3 Å². The molecule has 2 N–H and O–H groups in total. The second-order valence-electron chi connectivity index (χ2n) is 4.63. The maximum atomic E-state index is 5.88. The molecule has 94 valence electrons. The summed E-state index contributed by atoms with van der Waals surface area (Å²) in [6.45, 7) is 2.69. The first kappa shape index (κ1) is 12.6. The van der Waals surface area contributed by atoms with Gasteiger partial charge in [-0.25, -0.2) is 0 Å². The number of hydrogen-bond donors (Lipinski definition) is 1. The van der Waals surface area contributed by atoms with E-state index in [4.69, 9.17) is 10.5 Å². The molecule has 17 heavy (non-hydrogen) atoms. The normalized spacial score (nSPS) is 16.3. The van der Waals surface area contributed by atoms with Gasteiger partial charge < -0.3 is 10.5 Å². The lowest BCUT2D eigenvalue weighted by molar-refractivity contribution is 0.339. The zero-order valence-corrected chi connectivity index (χ0v) is 11.3. The minimum atomic E-state index is 0.691. The summed E-state index contributed by atoms with van der Waals surface area (Å²) in [5.41, 5.74) is 6.68. The fraction of sp³-hybridized carbons (Fsp3) is 0.571. The predicted molar refractivity (Wildman–Crippen MR) is 74.7 cm³/mol. The van der Waals surface area contributed by atoms with Crippen LogP contribution in [0.5, 0.6) is 5.75 Å². The lowest BCUT2D eigenvalue weighted by Gasteiger charge is -2.10. The summed E-state index contributed by atoms with van der Waals surface area (Å²) in [6, 6.07) is 6.03. The minimum absolute atomic E-state index is 0.691. The number of benzene rings is 1. The first-order valence-electron chi connectivity index (χ1n) is 6.44. The maximum Gasteiger partial charge on any atom is 0.122 e. The van der Waals surface area contributed by atoms with Crippen molar-refractivity contribution in [2.24, 2.45) is 5.92 Å². The summed E-state index contributed by atoms with van der Waals surface area (Å²) in [5, 5.41) is 0. The van der Waals surface area contributed by atoms with Gasteiger partial charge in [0.25, 0.3) is 0 Å². The Hall–Kier alpha value is -0.830. The molecule has 1 aliphatic carbocycles. The first-order valence-corrected chi connectivity index (χ1v) is 7.42. The molecule has 1 aromatic rings. The summed E-state index contributed by atoms with van der Waals surface area (Å²) in [5.74, 6) is 3.01. The summed E-state index contributed by atoms with van der Waals surface area (Å²) < 4.78 is 5.51. The Morgan fingerprint density at radius 3 is 2.76 bits per heavy atom. The predicted octanol–water partition coefficient (Wildman–Crippen LogP) is 3.95. The van der Waals surface area contributed by atoms with Crippen LogP contribution in [0.4, 0.5) is 5.69 Å². The molecule has 0 amide bonds. The molecule has 0 spiro atoms. The number of rotatable bonds is 5. The Morgan fingerprint density at radius 1 is 1.29 bits per heavy atom.